The van der Waals surface area contributed by atoms with Crippen LogP contribution in [0.5, 0.6) is 17.2 Å². The number of hydrogen-bond acceptors (Lipinski definition) is 5. The highest BCUT2D eigenvalue weighted by atomic mass is 16.5. The Balaban J connectivity index is 2.14. The molecule has 1 aromatic carbocycles. The Labute approximate surface area is 121 Å². The Morgan fingerprint density at radius 3 is 2.19 bits per heavy atom. The molecule has 0 saturated heterocycles. The number of methoxy groups -OCH3 is 3. The molecule has 0 fully saturated rings. The summed E-state index contributed by atoms with van der Waals surface area (Å²) >= 11 is 0. The first-order valence-electron chi connectivity index (χ1n) is 6.39. The summed E-state index contributed by atoms with van der Waals surface area (Å²) in [5, 5.41) is 7.49. The lowest BCUT2D eigenvalue weighted by Crippen LogP contribution is -1.96. The fraction of sp³-hybridized carbons (Fsp3) is 0.286. The van der Waals surface area contributed by atoms with Crippen LogP contribution in [-0.2, 0) is 0 Å². The van der Waals surface area contributed by atoms with Gasteiger partial charge in [-0.3, -0.25) is 5.10 Å². The molecular formula is C14H16N4O3. The van der Waals surface area contributed by atoms with E-state index in [1.165, 1.54) is 0 Å². The fourth-order valence-electron chi connectivity index (χ4n) is 2.23. The van der Waals surface area contributed by atoms with Crippen molar-refractivity contribution in [3.05, 3.63) is 23.9 Å². The van der Waals surface area contributed by atoms with Crippen LogP contribution in [0, 0.1) is 6.92 Å². The van der Waals surface area contributed by atoms with Gasteiger partial charge in [-0.2, -0.15) is 4.63 Å². The Hall–Kier alpha value is -2.70. The van der Waals surface area contributed by atoms with Crippen molar-refractivity contribution in [2.45, 2.75) is 6.92 Å². The molecule has 0 radical (unpaired) electrons. The van der Waals surface area contributed by atoms with Crippen molar-refractivity contribution in [1.29, 1.82) is 0 Å². The van der Waals surface area contributed by atoms with Crippen LogP contribution in [0.25, 0.3) is 17.0 Å². The first-order chi connectivity index (χ1) is 10.2. The van der Waals surface area contributed by atoms with Gasteiger partial charge in [0, 0.05) is 17.3 Å². The lowest BCUT2D eigenvalue weighted by Gasteiger charge is -2.12. The average Bonchev–Trinajstić information content (AvgIpc) is 3.02. The number of aryl methyl sites for hydroxylation is 1. The summed E-state index contributed by atoms with van der Waals surface area (Å²) in [6.45, 7) is 1.95. The summed E-state index contributed by atoms with van der Waals surface area (Å²) in [7, 11) is 4.73. The van der Waals surface area contributed by atoms with Crippen molar-refractivity contribution in [2.24, 2.45) is 0 Å². The lowest BCUT2D eigenvalue weighted by atomic mass is 10.1. The van der Waals surface area contributed by atoms with Gasteiger partial charge in [-0.1, -0.05) is 0 Å². The largest absolute Gasteiger partial charge is 0.493 e. The molecule has 0 bridgehead atoms. The van der Waals surface area contributed by atoms with E-state index in [2.05, 4.69) is 15.2 Å². The molecular weight excluding hydrogens is 272 g/mol. The van der Waals surface area contributed by atoms with Gasteiger partial charge >= 0.3 is 0 Å². The first-order valence-corrected chi connectivity index (χ1v) is 6.39. The standard InChI is InChI=1S/C14H16N4O3/c1-8-5-12-15-14(17-18(12)16-8)9-6-10(19-2)13(21-4)11(7-9)20-3/h5-7,16H,1-4H3. The quantitative estimate of drug-likeness (QED) is 0.795. The highest BCUT2D eigenvalue weighted by Crippen LogP contribution is 2.40. The van der Waals surface area contributed by atoms with Gasteiger partial charge in [0.25, 0.3) is 0 Å². The Morgan fingerprint density at radius 2 is 1.67 bits per heavy atom. The zero-order valence-corrected chi connectivity index (χ0v) is 12.3. The number of aromatic nitrogens is 4. The van der Waals surface area contributed by atoms with E-state index in [0.717, 1.165) is 16.9 Å². The highest BCUT2D eigenvalue weighted by molar-refractivity contribution is 5.67. The van der Waals surface area contributed by atoms with Gasteiger partial charge < -0.3 is 14.2 Å². The van der Waals surface area contributed by atoms with E-state index in [1.54, 1.807) is 26.0 Å². The Morgan fingerprint density at radius 1 is 1.00 bits per heavy atom. The SMILES string of the molecule is COc1cc(-c2nc3cc(C)[nH]n3n2)cc(OC)c1OC. The van der Waals surface area contributed by atoms with Crippen molar-refractivity contribution in [3.8, 4) is 28.6 Å². The number of ether oxygens (including phenoxy) is 3. The van der Waals surface area contributed by atoms with E-state index in [0.29, 0.717) is 23.1 Å². The van der Waals surface area contributed by atoms with E-state index in [-0.39, 0.29) is 0 Å². The van der Waals surface area contributed by atoms with Crippen molar-refractivity contribution >= 4 is 5.65 Å². The molecule has 2 aromatic heterocycles. The number of fused-ring (bicyclic) bond motifs is 1. The lowest BCUT2D eigenvalue weighted by molar-refractivity contribution is 0.324. The van der Waals surface area contributed by atoms with Crippen LogP contribution in [0.15, 0.2) is 18.2 Å². The van der Waals surface area contributed by atoms with Crippen LogP contribution < -0.4 is 14.2 Å². The number of rotatable bonds is 4. The molecule has 0 unspecified atom stereocenters. The molecule has 7 heteroatoms. The van der Waals surface area contributed by atoms with E-state index in [4.69, 9.17) is 14.2 Å². The molecule has 110 valence electrons. The van der Waals surface area contributed by atoms with Gasteiger partial charge in [0.1, 0.15) is 0 Å². The molecule has 0 atom stereocenters. The minimum atomic E-state index is 0.546. The second-order valence-electron chi connectivity index (χ2n) is 4.56. The fourth-order valence-corrected chi connectivity index (χ4v) is 2.23. The van der Waals surface area contributed by atoms with Crippen LogP contribution in [0.2, 0.25) is 0 Å². The van der Waals surface area contributed by atoms with Crippen molar-refractivity contribution in [2.75, 3.05) is 21.3 Å². The molecule has 7 nitrogen and oxygen atoms in total. The molecule has 1 N–H and O–H groups in total. The third-order valence-corrected chi connectivity index (χ3v) is 3.18. The Bertz CT molecular complexity index is 734. The summed E-state index contributed by atoms with van der Waals surface area (Å²) in [4.78, 5) is 4.48. The normalized spacial score (nSPS) is 10.9. The van der Waals surface area contributed by atoms with Crippen LogP contribution in [0.4, 0.5) is 0 Å². The summed E-state index contributed by atoms with van der Waals surface area (Å²) in [5.41, 5.74) is 2.55. The topological polar surface area (TPSA) is 73.7 Å². The summed E-state index contributed by atoms with van der Waals surface area (Å²) in [5.74, 6) is 2.27. The van der Waals surface area contributed by atoms with Crippen molar-refractivity contribution < 1.29 is 14.2 Å². The minimum Gasteiger partial charge on any atom is -0.493 e. The molecule has 3 rings (SSSR count). The molecule has 0 aliphatic rings. The first kappa shape index (κ1) is 13.3. The van der Waals surface area contributed by atoms with Crippen LogP contribution in [0.3, 0.4) is 0 Å². The molecule has 0 saturated carbocycles. The number of benzene rings is 1. The number of nitrogens with one attached hydrogen (secondary N) is 1. The minimum absolute atomic E-state index is 0.546. The molecule has 0 aliphatic carbocycles. The van der Waals surface area contributed by atoms with E-state index >= 15 is 0 Å². The van der Waals surface area contributed by atoms with Crippen LogP contribution in [-0.4, -0.2) is 41.1 Å². The highest BCUT2D eigenvalue weighted by Gasteiger charge is 2.16. The number of nitrogens with zero attached hydrogens (tertiary/aromatic N) is 3. The van der Waals surface area contributed by atoms with Gasteiger partial charge in [-0.05, 0) is 19.1 Å². The van der Waals surface area contributed by atoms with Crippen LogP contribution >= 0.6 is 0 Å². The number of aromatic amines is 1. The molecule has 0 amide bonds. The van der Waals surface area contributed by atoms with Gasteiger partial charge in [-0.15, -0.1) is 5.10 Å². The maximum Gasteiger partial charge on any atom is 0.203 e. The van der Waals surface area contributed by atoms with E-state index in [1.807, 2.05) is 25.1 Å². The van der Waals surface area contributed by atoms with Gasteiger partial charge in [0.2, 0.25) is 5.75 Å². The number of H-pyrrole nitrogens is 1. The Kier molecular flexibility index (Phi) is 3.17. The predicted molar refractivity (Wildman–Crippen MR) is 77.2 cm³/mol. The molecule has 0 spiro atoms. The van der Waals surface area contributed by atoms with Gasteiger partial charge in [-0.25, -0.2) is 4.98 Å². The number of hydrogen-bond donors (Lipinski definition) is 1. The second kappa shape index (κ2) is 5.01. The van der Waals surface area contributed by atoms with Crippen LogP contribution in [0.1, 0.15) is 5.69 Å². The summed E-state index contributed by atoms with van der Waals surface area (Å²) in [6, 6.07) is 5.57. The van der Waals surface area contributed by atoms with Gasteiger partial charge in [0.15, 0.2) is 23.0 Å². The predicted octanol–water partition coefficient (Wildman–Crippen LogP) is 2.06. The molecule has 3 aromatic rings. The summed E-state index contributed by atoms with van der Waals surface area (Å²) in [6.07, 6.45) is 0. The zero-order valence-electron chi connectivity index (χ0n) is 12.3. The van der Waals surface area contributed by atoms with E-state index < -0.39 is 0 Å². The molecule has 0 aliphatic heterocycles. The monoisotopic (exact) mass is 288 g/mol. The summed E-state index contributed by atoms with van der Waals surface area (Å²) < 4.78 is 17.6. The third kappa shape index (κ3) is 2.16. The zero-order chi connectivity index (χ0) is 15.0. The third-order valence-electron chi connectivity index (χ3n) is 3.18. The second-order valence-corrected chi connectivity index (χ2v) is 4.56. The van der Waals surface area contributed by atoms with Crippen molar-refractivity contribution in [1.82, 2.24) is 19.8 Å². The van der Waals surface area contributed by atoms with E-state index in [9.17, 15) is 0 Å². The maximum absolute atomic E-state index is 5.34. The van der Waals surface area contributed by atoms with Crippen molar-refractivity contribution in [3.63, 3.8) is 0 Å². The maximum atomic E-state index is 5.34. The smallest absolute Gasteiger partial charge is 0.203 e. The average molecular weight is 288 g/mol. The molecule has 21 heavy (non-hydrogen) atoms. The van der Waals surface area contributed by atoms with Gasteiger partial charge in [0.05, 0.1) is 21.3 Å². The molecule has 2 heterocycles.